The zero-order valence-corrected chi connectivity index (χ0v) is 11.1. The maximum atomic E-state index is 9.36. The molecule has 1 atom stereocenters. The highest BCUT2D eigenvalue weighted by atomic mass is 16.3. The first-order chi connectivity index (χ1) is 9.69. The predicted octanol–water partition coefficient (Wildman–Crippen LogP) is 3.72. The Bertz CT molecular complexity index is 674. The van der Waals surface area contributed by atoms with Crippen molar-refractivity contribution < 1.29 is 5.11 Å². The summed E-state index contributed by atoms with van der Waals surface area (Å²) >= 11 is 0. The van der Waals surface area contributed by atoms with Gasteiger partial charge in [0, 0.05) is 16.9 Å². The molecule has 3 N–H and O–H groups in total. The molecule has 2 aromatic rings. The van der Waals surface area contributed by atoms with Crippen molar-refractivity contribution in [3.05, 3.63) is 72.3 Å². The first-order valence-electron chi connectivity index (χ1n) is 6.46. The fourth-order valence-electron chi connectivity index (χ4n) is 2.47. The molecular weight excluding hydrogens is 248 g/mol. The number of benzene rings is 2. The minimum absolute atomic E-state index is 0.0596. The first kappa shape index (κ1) is 12.4. The Balaban J connectivity index is 1.99. The molecule has 0 fully saturated rings. The average molecular weight is 264 g/mol. The molecule has 20 heavy (non-hydrogen) atoms. The number of phenols is 1. The minimum atomic E-state index is -0.0596. The monoisotopic (exact) mass is 264 g/mol. The Labute approximate surface area is 118 Å². The molecular formula is C17H16N2O. The van der Waals surface area contributed by atoms with Crippen LogP contribution in [0.25, 0.3) is 11.8 Å². The molecule has 0 spiro atoms. The van der Waals surface area contributed by atoms with Crippen LogP contribution in [0.15, 0.2) is 55.6 Å². The second-order valence-electron chi connectivity index (χ2n) is 4.77. The molecule has 0 aliphatic carbocycles. The minimum Gasteiger partial charge on any atom is -0.508 e. The molecule has 3 rings (SSSR count). The highest BCUT2D eigenvalue weighted by molar-refractivity contribution is 5.83. The SMILES string of the molecule is C=Cc1cccc2c1C(=C)NC(c1ccc(O)cc1)N2. The molecule has 1 aliphatic rings. The van der Waals surface area contributed by atoms with E-state index in [0.29, 0.717) is 0 Å². The van der Waals surface area contributed by atoms with Crippen LogP contribution in [0.4, 0.5) is 5.69 Å². The van der Waals surface area contributed by atoms with Gasteiger partial charge in [0.1, 0.15) is 11.9 Å². The van der Waals surface area contributed by atoms with Gasteiger partial charge in [-0.1, -0.05) is 43.5 Å². The Hall–Kier alpha value is -2.68. The van der Waals surface area contributed by atoms with Gasteiger partial charge in [0.15, 0.2) is 0 Å². The lowest BCUT2D eigenvalue weighted by Crippen LogP contribution is -2.31. The van der Waals surface area contributed by atoms with Crippen LogP contribution in [-0.4, -0.2) is 5.11 Å². The summed E-state index contributed by atoms with van der Waals surface area (Å²) in [6, 6.07) is 13.2. The number of hydrogen-bond donors (Lipinski definition) is 3. The summed E-state index contributed by atoms with van der Waals surface area (Å²) < 4.78 is 0. The molecule has 0 radical (unpaired) electrons. The van der Waals surface area contributed by atoms with Crippen LogP contribution in [0.5, 0.6) is 5.75 Å². The van der Waals surface area contributed by atoms with Gasteiger partial charge in [0.2, 0.25) is 0 Å². The van der Waals surface area contributed by atoms with E-state index in [9.17, 15) is 5.11 Å². The Morgan fingerprint density at radius 1 is 1.05 bits per heavy atom. The number of fused-ring (bicyclic) bond motifs is 1. The van der Waals surface area contributed by atoms with Crippen molar-refractivity contribution in [3.63, 3.8) is 0 Å². The van der Waals surface area contributed by atoms with E-state index in [0.717, 1.165) is 28.1 Å². The van der Waals surface area contributed by atoms with E-state index >= 15 is 0 Å². The van der Waals surface area contributed by atoms with Gasteiger partial charge in [-0.3, -0.25) is 0 Å². The second-order valence-corrected chi connectivity index (χ2v) is 4.77. The predicted molar refractivity (Wildman–Crippen MR) is 83.2 cm³/mol. The fraction of sp³-hybridized carbons (Fsp3) is 0.0588. The fourth-order valence-corrected chi connectivity index (χ4v) is 2.47. The third-order valence-electron chi connectivity index (χ3n) is 3.46. The van der Waals surface area contributed by atoms with Crippen LogP contribution in [0.1, 0.15) is 22.9 Å². The molecule has 2 aromatic carbocycles. The van der Waals surface area contributed by atoms with Crippen LogP contribution in [0, 0.1) is 0 Å². The second kappa shape index (κ2) is 4.78. The van der Waals surface area contributed by atoms with Crippen LogP contribution in [-0.2, 0) is 0 Å². The lowest BCUT2D eigenvalue weighted by atomic mass is 9.99. The van der Waals surface area contributed by atoms with Gasteiger partial charge >= 0.3 is 0 Å². The smallest absolute Gasteiger partial charge is 0.123 e. The molecule has 1 heterocycles. The molecule has 3 nitrogen and oxygen atoms in total. The van der Waals surface area contributed by atoms with Gasteiger partial charge in [0.05, 0.1) is 0 Å². The molecule has 1 unspecified atom stereocenters. The van der Waals surface area contributed by atoms with Crippen LogP contribution in [0.3, 0.4) is 0 Å². The molecule has 0 saturated heterocycles. The number of phenolic OH excluding ortho intramolecular Hbond substituents is 1. The summed E-state index contributed by atoms with van der Waals surface area (Å²) in [7, 11) is 0. The van der Waals surface area contributed by atoms with E-state index in [2.05, 4.69) is 23.8 Å². The van der Waals surface area contributed by atoms with E-state index in [1.165, 1.54) is 0 Å². The van der Waals surface area contributed by atoms with Crippen molar-refractivity contribution in [2.45, 2.75) is 6.17 Å². The normalized spacial score (nSPS) is 16.8. The van der Waals surface area contributed by atoms with Gasteiger partial charge in [-0.25, -0.2) is 0 Å². The molecule has 0 bridgehead atoms. The molecule has 0 aromatic heterocycles. The van der Waals surface area contributed by atoms with Gasteiger partial charge in [-0.15, -0.1) is 0 Å². The van der Waals surface area contributed by atoms with Gasteiger partial charge < -0.3 is 15.7 Å². The van der Waals surface area contributed by atoms with Gasteiger partial charge in [-0.2, -0.15) is 0 Å². The first-order valence-corrected chi connectivity index (χ1v) is 6.46. The molecule has 0 amide bonds. The van der Waals surface area contributed by atoms with Crippen molar-refractivity contribution in [3.8, 4) is 5.75 Å². The standard InChI is InChI=1S/C17H16N2O/c1-3-12-5-4-6-15-16(12)11(2)18-17(19-15)13-7-9-14(20)10-8-13/h3-10,17-20H,1-2H2. The third kappa shape index (κ3) is 2.03. The highest BCUT2D eigenvalue weighted by Crippen LogP contribution is 2.34. The van der Waals surface area contributed by atoms with E-state index in [-0.39, 0.29) is 11.9 Å². The van der Waals surface area contributed by atoms with Crippen LogP contribution >= 0.6 is 0 Å². The zero-order valence-electron chi connectivity index (χ0n) is 11.1. The Morgan fingerprint density at radius 2 is 1.80 bits per heavy atom. The highest BCUT2D eigenvalue weighted by Gasteiger charge is 2.22. The maximum Gasteiger partial charge on any atom is 0.123 e. The van der Waals surface area contributed by atoms with Crippen molar-refractivity contribution in [2.24, 2.45) is 0 Å². The Kier molecular flexibility index (Phi) is 2.95. The summed E-state index contributed by atoms with van der Waals surface area (Å²) in [6.45, 7) is 7.95. The zero-order chi connectivity index (χ0) is 14.1. The van der Waals surface area contributed by atoms with Crippen LogP contribution < -0.4 is 10.6 Å². The van der Waals surface area contributed by atoms with Gasteiger partial charge in [0.25, 0.3) is 0 Å². The van der Waals surface area contributed by atoms with E-state index in [4.69, 9.17) is 0 Å². The molecule has 100 valence electrons. The van der Waals surface area contributed by atoms with E-state index in [1.807, 2.05) is 36.4 Å². The molecule has 3 heteroatoms. The van der Waals surface area contributed by atoms with Gasteiger partial charge in [-0.05, 0) is 29.3 Å². The lowest BCUT2D eigenvalue weighted by Gasteiger charge is -2.32. The van der Waals surface area contributed by atoms with Crippen LogP contribution in [0.2, 0.25) is 0 Å². The quantitative estimate of drug-likeness (QED) is 0.774. The summed E-state index contributed by atoms with van der Waals surface area (Å²) in [5, 5.41) is 16.1. The summed E-state index contributed by atoms with van der Waals surface area (Å²) in [4.78, 5) is 0. The van der Waals surface area contributed by atoms with E-state index < -0.39 is 0 Å². The number of rotatable bonds is 2. The summed E-state index contributed by atoms with van der Waals surface area (Å²) in [5.41, 5.74) is 5.05. The maximum absolute atomic E-state index is 9.36. The number of nitrogens with one attached hydrogen (secondary N) is 2. The summed E-state index contributed by atoms with van der Waals surface area (Å²) in [6.07, 6.45) is 1.77. The molecule has 1 aliphatic heterocycles. The van der Waals surface area contributed by atoms with Crippen molar-refractivity contribution in [1.82, 2.24) is 5.32 Å². The lowest BCUT2D eigenvalue weighted by molar-refractivity contribution is 0.475. The topological polar surface area (TPSA) is 44.3 Å². The van der Waals surface area contributed by atoms with Crippen molar-refractivity contribution in [2.75, 3.05) is 5.32 Å². The third-order valence-corrected chi connectivity index (χ3v) is 3.46. The van der Waals surface area contributed by atoms with E-state index in [1.54, 1.807) is 12.1 Å². The number of hydrogen-bond acceptors (Lipinski definition) is 3. The average Bonchev–Trinajstić information content (AvgIpc) is 2.47. The summed E-state index contributed by atoms with van der Waals surface area (Å²) in [5.74, 6) is 0.262. The largest absolute Gasteiger partial charge is 0.508 e. The molecule has 0 saturated carbocycles. The van der Waals surface area contributed by atoms with Crippen molar-refractivity contribution >= 4 is 17.5 Å². The Morgan fingerprint density at radius 3 is 2.50 bits per heavy atom. The van der Waals surface area contributed by atoms with Crippen molar-refractivity contribution in [1.29, 1.82) is 0 Å². The number of aromatic hydroxyl groups is 1. The number of anilines is 1.